The van der Waals surface area contributed by atoms with Gasteiger partial charge in [-0.15, -0.1) is 0 Å². The summed E-state index contributed by atoms with van der Waals surface area (Å²) in [5, 5.41) is 2.57. The lowest BCUT2D eigenvalue weighted by atomic mass is 9.74. The Morgan fingerprint density at radius 3 is 2.70 bits per heavy atom. The maximum absolute atomic E-state index is 12.3. The van der Waals surface area contributed by atoms with Crippen molar-refractivity contribution in [3.05, 3.63) is 23.9 Å². The van der Waals surface area contributed by atoms with Gasteiger partial charge >= 0.3 is 6.18 Å². The summed E-state index contributed by atoms with van der Waals surface area (Å²) in [4.78, 5) is 15.4. The molecule has 2 rings (SSSR count). The average molecular weight is 338 g/mol. The van der Waals surface area contributed by atoms with Gasteiger partial charge in [0.1, 0.15) is 0 Å². The molecule has 1 N–H and O–H groups in total. The van der Waals surface area contributed by atoms with Crippen LogP contribution in [0.25, 0.3) is 0 Å². The molecule has 0 bridgehead atoms. The van der Waals surface area contributed by atoms with E-state index in [2.05, 4.69) is 15.0 Å². The lowest BCUT2D eigenvalue weighted by Crippen LogP contribution is -2.40. The number of halogens is 5. The molecule has 1 saturated carbocycles. The molecule has 0 radical (unpaired) electrons. The smallest absolute Gasteiger partial charge is 0.422 e. The molecule has 0 atom stereocenters. The van der Waals surface area contributed by atoms with Crippen LogP contribution in [0.1, 0.15) is 18.4 Å². The van der Waals surface area contributed by atoms with Crippen molar-refractivity contribution >= 4 is 5.91 Å². The fourth-order valence-electron chi connectivity index (χ4n) is 2.21. The molecule has 1 fully saturated rings. The largest absolute Gasteiger partial charge is 0.468 e. The second kappa shape index (κ2) is 7.10. The summed E-state index contributed by atoms with van der Waals surface area (Å²) in [6, 6.07) is 2.80. The molecule has 1 amide bonds. The number of carbonyl (C=O) groups is 1. The summed E-state index contributed by atoms with van der Waals surface area (Å²) >= 11 is 0. The van der Waals surface area contributed by atoms with Gasteiger partial charge < -0.3 is 10.1 Å². The lowest BCUT2D eigenvalue weighted by Gasteiger charge is -2.33. The van der Waals surface area contributed by atoms with Crippen LogP contribution in [-0.4, -0.2) is 30.1 Å². The molecule has 23 heavy (non-hydrogen) atoms. The normalized spacial score (nSPS) is 21.0. The van der Waals surface area contributed by atoms with Crippen molar-refractivity contribution in [1.29, 1.82) is 0 Å². The maximum atomic E-state index is 12.3. The highest BCUT2D eigenvalue weighted by atomic mass is 19.4. The number of ether oxygens (including phenoxy) is 1. The van der Waals surface area contributed by atoms with Crippen molar-refractivity contribution < 1.29 is 31.5 Å². The zero-order chi connectivity index (χ0) is 17.0. The summed E-state index contributed by atoms with van der Waals surface area (Å²) in [5.41, 5.74) is 0.509. The third kappa shape index (κ3) is 5.33. The van der Waals surface area contributed by atoms with Crippen LogP contribution in [0, 0.1) is 11.8 Å². The predicted molar refractivity (Wildman–Crippen MR) is 69.9 cm³/mol. The highest BCUT2D eigenvalue weighted by Crippen LogP contribution is 2.37. The van der Waals surface area contributed by atoms with Gasteiger partial charge in [0.25, 0.3) is 0 Å². The van der Waals surface area contributed by atoms with Gasteiger partial charge in [-0.2, -0.15) is 13.2 Å². The lowest BCUT2D eigenvalue weighted by molar-refractivity contribution is -0.154. The molecule has 0 aromatic carbocycles. The molecule has 9 heteroatoms. The summed E-state index contributed by atoms with van der Waals surface area (Å²) in [7, 11) is 0. The molecule has 1 aliphatic rings. The van der Waals surface area contributed by atoms with Gasteiger partial charge in [0.15, 0.2) is 6.61 Å². The first kappa shape index (κ1) is 17.4. The van der Waals surface area contributed by atoms with E-state index >= 15 is 0 Å². The van der Waals surface area contributed by atoms with Gasteiger partial charge in [0, 0.05) is 30.6 Å². The van der Waals surface area contributed by atoms with Crippen molar-refractivity contribution in [2.24, 2.45) is 11.8 Å². The van der Waals surface area contributed by atoms with Crippen LogP contribution in [0.15, 0.2) is 18.3 Å². The number of aromatic nitrogens is 1. The summed E-state index contributed by atoms with van der Waals surface area (Å²) in [5.74, 6) is -1.70. The first-order valence-electron chi connectivity index (χ1n) is 6.95. The van der Waals surface area contributed by atoms with E-state index in [1.807, 2.05) is 0 Å². The first-order chi connectivity index (χ1) is 10.7. The summed E-state index contributed by atoms with van der Waals surface area (Å²) in [6.07, 6.45) is -5.30. The maximum Gasteiger partial charge on any atom is 0.422 e. The number of hydrogen-bond donors (Lipinski definition) is 1. The number of rotatable bonds is 6. The topological polar surface area (TPSA) is 51.2 Å². The molecule has 1 aromatic rings. The van der Waals surface area contributed by atoms with Crippen LogP contribution in [0.5, 0.6) is 5.88 Å². The summed E-state index contributed by atoms with van der Waals surface area (Å²) in [6.45, 7) is -1.38. The van der Waals surface area contributed by atoms with Crippen LogP contribution < -0.4 is 10.1 Å². The SMILES string of the molecule is O=C(NCc1ccnc(OCC(F)(F)F)c1)C1CC(C(F)F)C1. The third-order valence-electron chi connectivity index (χ3n) is 3.55. The minimum atomic E-state index is -4.46. The summed E-state index contributed by atoms with van der Waals surface area (Å²) < 4.78 is 65.3. The molecule has 4 nitrogen and oxygen atoms in total. The van der Waals surface area contributed by atoms with Gasteiger partial charge in [-0.1, -0.05) is 0 Å². The average Bonchev–Trinajstić information content (AvgIpc) is 2.40. The molecule has 1 heterocycles. The second-order valence-electron chi connectivity index (χ2n) is 5.39. The molecule has 128 valence electrons. The Kier molecular flexibility index (Phi) is 5.38. The van der Waals surface area contributed by atoms with Crippen LogP contribution >= 0.6 is 0 Å². The highest BCUT2D eigenvalue weighted by Gasteiger charge is 2.39. The molecular weight excluding hydrogens is 323 g/mol. The van der Waals surface area contributed by atoms with E-state index in [0.717, 1.165) is 0 Å². The van der Waals surface area contributed by atoms with Gasteiger partial charge in [-0.25, -0.2) is 13.8 Å². The number of nitrogens with one attached hydrogen (secondary N) is 1. The van der Waals surface area contributed by atoms with Crippen molar-refractivity contribution in [2.45, 2.75) is 32.0 Å². The number of pyridine rings is 1. The Hall–Kier alpha value is -1.93. The number of amides is 1. The van der Waals surface area contributed by atoms with Gasteiger partial charge in [-0.3, -0.25) is 4.79 Å². The molecule has 1 aromatic heterocycles. The van der Waals surface area contributed by atoms with E-state index in [-0.39, 0.29) is 31.2 Å². The fourth-order valence-corrected chi connectivity index (χ4v) is 2.21. The standard InChI is InChI=1S/C14H15F5N2O2/c15-12(16)9-4-10(5-9)13(22)21-6-8-1-2-20-11(3-8)23-7-14(17,18)19/h1-3,9-10,12H,4-7H2,(H,21,22). The molecule has 0 aliphatic heterocycles. The van der Waals surface area contributed by atoms with Gasteiger partial charge in [0.2, 0.25) is 18.2 Å². The first-order valence-corrected chi connectivity index (χ1v) is 6.95. The Morgan fingerprint density at radius 1 is 1.39 bits per heavy atom. The number of carbonyl (C=O) groups excluding carboxylic acids is 1. The Bertz CT molecular complexity index is 544. The highest BCUT2D eigenvalue weighted by molar-refractivity contribution is 5.79. The minimum Gasteiger partial charge on any atom is -0.468 e. The minimum absolute atomic E-state index is 0.0690. The zero-order valence-electron chi connectivity index (χ0n) is 11.9. The van der Waals surface area contributed by atoms with E-state index in [9.17, 15) is 26.7 Å². The Balaban J connectivity index is 1.78. The van der Waals surface area contributed by atoms with E-state index in [1.54, 1.807) is 0 Å². The number of nitrogens with zero attached hydrogens (tertiary/aromatic N) is 1. The van der Waals surface area contributed by atoms with Crippen LogP contribution in [0.4, 0.5) is 22.0 Å². The van der Waals surface area contributed by atoms with Crippen LogP contribution in [0.3, 0.4) is 0 Å². The van der Waals surface area contributed by atoms with Gasteiger partial charge in [-0.05, 0) is 24.5 Å². The third-order valence-corrected chi connectivity index (χ3v) is 3.55. The van der Waals surface area contributed by atoms with E-state index in [0.29, 0.717) is 5.56 Å². The molecule has 0 unspecified atom stereocenters. The molecule has 0 spiro atoms. The van der Waals surface area contributed by atoms with Crippen molar-refractivity contribution in [3.8, 4) is 5.88 Å². The number of hydrogen-bond acceptors (Lipinski definition) is 3. The Morgan fingerprint density at radius 2 is 2.09 bits per heavy atom. The number of alkyl halides is 5. The predicted octanol–water partition coefficient (Wildman–Crippen LogP) is 2.93. The molecular formula is C14H15F5N2O2. The van der Waals surface area contributed by atoms with Crippen LogP contribution in [0.2, 0.25) is 0 Å². The monoisotopic (exact) mass is 338 g/mol. The van der Waals surface area contributed by atoms with Crippen molar-refractivity contribution in [2.75, 3.05) is 6.61 Å². The molecule has 0 saturated heterocycles. The van der Waals surface area contributed by atoms with Crippen molar-refractivity contribution in [3.63, 3.8) is 0 Å². The van der Waals surface area contributed by atoms with Crippen molar-refractivity contribution in [1.82, 2.24) is 10.3 Å². The fraction of sp³-hybridized carbons (Fsp3) is 0.571. The quantitative estimate of drug-likeness (QED) is 0.812. The Labute approximate surface area is 129 Å². The zero-order valence-corrected chi connectivity index (χ0v) is 11.9. The molecule has 1 aliphatic carbocycles. The van der Waals surface area contributed by atoms with Gasteiger partial charge in [0.05, 0.1) is 0 Å². The van der Waals surface area contributed by atoms with E-state index < -0.39 is 31.0 Å². The van der Waals surface area contributed by atoms with E-state index in [1.165, 1.54) is 18.3 Å². The second-order valence-corrected chi connectivity index (χ2v) is 5.39. The van der Waals surface area contributed by atoms with Crippen LogP contribution in [-0.2, 0) is 11.3 Å². The van der Waals surface area contributed by atoms with E-state index in [4.69, 9.17) is 0 Å².